The maximum atomic E-state index is 8.73. The molecular weight excluding hydrogens is 184 g/mol. The third-order valence-electron chi connectivity index (χ3n) is 2.36. The molecule has 0 unspecified atom stereocenters. The quantitative estimate of drug-likeness (QED) is 0.747. The first-order valence-corrected chi connectivity index (χ1v) is 4.86. The molecule has 2 aromatic rings. The smallest absolute Gasteiger partial charge is 0.118 e. The first kappa shape index (κ1) is 9.54. The number of benzene rings is 1. The van der Waals surface area contributed by atoms with Gasteiger partial charge in [-0.1, -0.05) is 29.3 Å². The Hall–Kier alpha value is -2.01. The number of H-pyrrole nitrogens is 1. The number of rotatable bonds is 1. The molecule has 2 rings (SSSR count). The molecule has 1 aromatic carbocycles. The molecule has 0 aliphatic carbocycles. The van der Waals surface area contributed by atoms with Crippen molar-refractivity contribution in [1.82, 2.24) is 4.98 Å². The fourth-order valence-corrected chi connectivity index (χ4v) is 1.77. The summed E-state index contributed by atoms with van der Waals surface area (Å²) in [6, 6.07) is 10.3. The van der Waals surface area contributed by atoms with E-state index in [-0.39, 0.29) is 0 Å². The zero-order valence-corrected chi connectivity index (χ0v) is 8.83. The highest BCUT2D eigenvalue weighted by Crippen LogP contribution is 2.22. The number of nitriles is 1. The molecule has 0 amide bonds. The summed E-state index contributed by atoms with van der Waals surface area (Å²) in [4.78, 5) is 2.93. The first-order chi connectivity index (χ1) is 7.19. The molecule has 0 saturated heterocycles. The van der Waals surface area contributed by atoms with E-state index in [1.165, 1.54) is 11.1 Å². The maximum absolute atomic E-state index is 8.73. The lowest BCUT2D eigenvalue weighted by Gasteiger charge is -2.02. The summed E-state index contributed by atoms with van der Waals surface area (Å²) in [6.07, 6.45) is 1.87. The van der Waals surface area contributed by atoms with Gasteiger partial charge in [0.05, 0.1) is 0 Å². The van der Waals surface area contributed by atoms with Crippen molar-refractivity contribution in [3.63, 3.8) is 0 Å². The number of nitrogens with one attached hydrogen (secondary N) is 1. The van der Waals surface area contributed by atoms with Gasteiger partial charge in [-0.25, -0.2) is 0 Å². The monoisotopic (exact) mass is 196 g/mol. The zero-order valence-electron chi connectivity index (χ0n) is 8.83. The lowest BCUT2D eigenvalue weighted by Crippen LogP contribution is -1.80. The Morgan fingerprint density at radius 3 is 2.20 bits per heavy atom. The Balaban J connectivity index is 2.50. The molecule has 0 radical (unpaired) electrons. The molecule has 0 aliphatic rings. The molecule has 0 saturated carbocycles. The molecule has 0 bridgehead atoms. The number of aryl methyl sites for hydroxylation is 2. The van der Waals surface area contributed by atoms with E-state index in [0.717, 1.165) is 11.1 Å². The first-order valence-electron chi connectivity index (χ1n) is 4.86. The topological polar surface area (TPSA) is 39.6 Å². The lowest BCUT2D eigenvalue weighted by molar-refractivity contribution is 1.33. The van der Waals surface area contributed by atoms with Crippen LogP contribution < -0.4 is 0 Å². The van der Waals surface area contributed by atoms with E-state index in [9.17, 15) is 0 Å². The van der Waals surface area contributed by atoms with Gasteiger partial charge in [-0.05, 0) is 25.5 Å². The van der Waals surface area contributed by atoms with Gasteiger partial charge in [-0.3, -0.25) is 0 Å². The molecular formula is C13H12N2. The highest BCUT2D eigenvalue weighted by atomic mass is 14.7. The van der Waals surface area contributed by atoms with E-state index in [2.05, 4.69) is 43.1 Å². The number of hydrogen-bond acceptors (Lipinski definition) is 1. The van der Waals surface area contributed by atoms with Crippen LogP contribution in [-0.4, -0.2) is 4.98 Å². The minimum absolute atomic E-state index is 0.601. The van der Waals surface area contributed by atoms with E-state index < -0.39 is 0 Å². The fourth-order valence-electron chi connectivity index (χ4n) is 1.77. The molecule has 0 spiro atoms. The Labute approximate surface area is 89.2 Å². The van der Waals surface area contributed by atoms with Crippen LogP contribution in [0.5, 0.6) is 0 Å². The van der Waals surface area contributed by atoms with Crippen LogP contribution in [-0.2, 0) is 0 Å². The highest BCUT2D eigenvalue weighted by molar-refractivity contribution is 5.66. The van der Waals surface area contributed by atoms with Gasteiger partial charge in [0.2, 0.25) is 0 Å². The van der Waals surface area contributed by atoms with Crippen LogP contribution in [0.3, 0.4) is 0 Å². The van der Waals surface area contributed by atoms with E-state index in [0.29, 0.717) is 5.69 Å². The van der Waals surface area contributed by atoms with E-state index >= 15 is 0 Å². The van der Waals surface area contributed by atoms with Gasteiger partial charge >= 0.3 is 0 Å². The van der Waals surface area contributed by atoms with Crippen molar-refractivity contribution in [2.45, 2.75) is 13.8 Å². The fraction of sp³-hybridized carbons (Fsp3) is 0.154. The second-order valence-corrected chi connectivity index (χ2v) is 3.79. The van der Waals surface area contributed by atoms with E-state index in [1.54, 1.807) is 0 Å². The normalized spacial score (nSPS) is 9.93. The van der Waals surface area contributed by atoms with Gasteiger partial charge in [0, 0.05) is 11.8 Å². The largest absolute Gasteiger partial charge is 0.353 e. The molecule has 2 heteroatoms. The second kappa shape index (κ2) is 3.62. The van der Waals surface area contributed by atoms with Crippen molar-refractivity contribution in [1.29, 1.82) is 5.26 Å². The van der Waals surface area contributed by atoms with Gasteiger partial charge in [-0.15, -0.1) is 0 Å². The minimum atomic E-state index is 0.601. The minimum Gasteiger partial charge on any atom is -0.353 e. The van der Waals surface area contributed by atoms with Crippen LogP contribution in [0.15, 0.2) is 30.5 Å². The molecule has 0 fully saturated rings. The summed E-state index contributed by atoms with van der Waals surface area (Å²) in [5.41, 5.74) is 5.31. The molecule has 1 N–H and O–H groups in total. The Kier molecular flexibility index (Phi) is 2.31. The van der Waals surface area contributed by atoms with Crippen LogP contribution in [0.1, 0.15) is 16.8 Å². The van der Waals surface area contributed by atoms with Gasteiger partial charge in [0.1, 0.15) is 11.8 Å². The van der Waals surface area contributed by atoms with E-state index in [4.69, 9.17) is 5.26 Å². The number of nitrogens with zero attached hydrogens (tertiary/aromatic N) is 1. The molecule has 0 atom stereocenters. The lowest BCUT2D eigenvalue weighted by atomic mass is 10.0. The average Bonchev–Trinajstić information content (AvgIpc) is 2.64. The Morgan fingerprint density at radius 2 is 1.67 bits per heavy atom. The maximum Gasteiger partial charge on any atom is 0.118 e. The molecule has 15 heavy (non-hydrogen) atoms. The van der Waals surface area contributed by atoms with Crippen LogP contribution in [0.2, 0.25) is 0 Å². The number of hydrogen-bond donors (Lipinski definition) is 1. The number of aromatic nitrogens is 1. The Bertz CT molecular complexity index is 509. The SMILES string of the molecule is Cc1cc(C)cc(-c2c[nH]c(C#N)c2)c1. The van der Waals surface area contributed by atoms with Crippen molar-refractivity contribution in [3.05, 3.63) is 47.3 Å². The van der Waals surface area contributed by atoms with Crippen LogP contribution in [0, 0.1) is 25.2 Å². The Morgan fingerprint density at radius 1 is 1.00 bits per heavy atom. The van der Waals surface area contributed by atoms with Crippen molar-refractivity contribution in [3.8, 4) is 17.2 Å². The highest BCUT2D eigenvalue weighted by Gasteiger charge is 2.02. The van der Waals surface area contributed by atoms with Crippen LogP contribution >= 0.6 is 0 Å². The second-order valence-electron chi connectivity index (χ2n) is 3.79. The summed E-state index contributed by atoms with van der Waals surface area (Å²) >= 11 is 0. The third-order valence-corrected chi connectivity index (χ3v) is 2.36. The van der Waals surface area contributed by atoms with Crippen molar-refractivity contribution < 1.29 is 0 Å². The predicted molar refractivity (Wildman–Crippen MR) is 60.4 cm³/mol. The summed E-state index contributed by atoms with van der Waals surface area (Å²) in [5, 5.41) is 8.73. The van der Waals surface area contributed by atoms with Gasteiger partial charge < -0.3 is 4.98 Å². The summed E-state index contributed by atoms with van der Waals surface area (Å²) in [5.74, 6) is 0. The molecule has 1 aromatic heterocycles. The van der Waals surface area contributed by atoms with E-state index in [1.807, 2.05) is 12.3 Å². The summed E-state index contributed by atoms with van der Waals surface area (Å²) < 4.78 is 0. The average molecular weight is 196 g/mol. The predicted octanol–water partition coefficient (Wildman–Crippen LogP) is 3.17. The van der Waals surface area contributed by atoms with Crippen molar-refractivity contribution >= 4 is 0 Å². The molecule has 1 heterocycles. The van der Waals surface area contributed by atoms with Gasteiger partial charge in [0.15, 0.2) is 0 Å². The third kappa shape index (κ3) is 1.92. The summed E-state index contributed by atoms with van der Waals surface area (Å²) in [7, 11) is 0. The van der Waals surface area contributed by atoms with Gasteiger partial charge in [0.25, 0.3) is 0 Å². The zero-order chi connectivity index (χ0) is 10.8. The molecule has 2 nitrogen and oxygen atoms in total. The van der Waals surface area contributed by atoms with Gasteiger partial charge in [-0.2, -0.15) is 5.26 Å². The molecule has 74 valence electrons. The number of aromatic amines is 1. The van der Waals surface area contributed by atoms with Crippen molar-refractivity contribution in [2.75, 3.05) is 0 Å². The van der Waals surface area contributed by atoms with Crippen LogP contribution in [0.4, 0.5) is 0 Å². The molecule has 0 aliphatic heterocycles. The van der Waals surface area contributed by atoms with Crippen molar-refractivity contribution in [2.24, 2.45) is 0 Å². The standard InChI is InChI=1S/C13H12N2/c1-9-3-10(2)5-11(4-9)12-6-13(7-14)15-8-12/h3-6,8,15H,1-2H3. The van der Waals surface area contributed by atoms with Crippen LogP contribution in [0.25, 0.3) is 11.1 Å². The summed E-state index contributed by atoms with van der Waals surface area (Å²) in [6.45, 7) is 4.16.